The fraction of sp³-hybridized carbons (Fsp3) is 0.179. The summed E-state index contributed by atoms with van der Waals surface area (Å²) >= 11 is 0.801. The van der Waals surface area contributed by atoms with E-state index in [4.69, 9.17) is 9.47 Å². The smallest absolute Gasteiger partial charge is 0.294 e. The first-order valence-electron chi connectivity index (χ1n) is 11.3. The molecule has 0 unspecified atom stereocenters. The summed E-state index contributed by atoms with van der Waals surface area (Å²) in [6, 6.07) is 20.7. The second-order valence-electron chi connectivity index (χ2n) is 8.32. The Morgan fingerprint density at radius 3 is 2.47 bits per heavy atom. The van der Waals surface area contributed by atoms with E-state index in [0.29, 0.717) is 29.4 Å². The van der Waals surface area contributed by atoms with Crippen molar-refractivity contribution in [2.75, 3.05) is 19.0 Å². The van der Waals surface area contributed by atoms with Crippen molar-refractivity contribution in [2.24, 2.45) is 0 Å². The summed E-state index contributed by atoms with van der Waals surface area (Å²) < 4.78 is 11.4. The number of methoxy groups -OCH3 is 1. The first-order chi connectivity index (χ1) is 17.3. The van der Waals surface area contributed by atoms with Crippen molar-refractivity contribution < 1.29 is 23.9 Å². The van der Waals surface area contributed by atoms with Gasteiger partial charge in [0.25, 0.3) is 11.1 Å². The lowest BCUT2D eigenvalue weighted by Gasteiger charge is -2.13. The third kappa shape index (κ3) is 5.95. The van der Waals surface area contributed by atoms with Crippen LogP contribution in [0.2, 0.25) is 0 Å². The Morgan fingerprint density at radius 2 is 1.75 bits per heavy atom. The molecule has 1 heterocycles. The van der Waals surface area contributed by atoms with Gasteiger partial charge in [0.2, 0.25) is 5.91 Å². The van der Waals surface area contributed by atoms with Crippen molar-refractivity contribution in [2.45, 2.75) is 20.5 Å². The number of thioether (sulfide) groups is 1. The maximum atomic E-state index is 12.9. The molecule has 3 aromatic carbocycles. The van der Waals surface area contributed by atoms with Gasteiger partial charge in [-0.15, -0.1) is 0 Å². The largest absolute Gasteiger partial charge is 0.493 e. The van der Waals surface area contributed by atoms with Gasteiger partial charge in [0.1, 0.15) is 13.2 Å². The Labute approximate surface area is 214 Å². The number of nitrogens with zero attached hydrogens (tertiary/aromatic N) is 1. The highest BCUT2D eigenvalue weighted by Gasteiger charge is 2.36. The third-order valence-corrected chi connectivity index (χ3v) is 6.50. The standard InChI is InChI=1S/C28H26N2O5S/c1-18-8-10-20(11-9-18)17-35-23-13-12-21(14-24(23)34-3)15-25-27(32)30(28(33)36-25)16-26(31)29-22-7-5-4-6-19(22)2/h4-15H,16-17H2,1-3H3,(H,29,31)/b25-15+. The van der Waals surface area contributed by atoms with Crippen LogP contribution in [-0.2, 0) is 16.2 Å². The number of hydrogen-bond donors (Lipinski definition) is 1. The minimum absolute atomic E-state index is 0.235. The van der Waals surface area contributed by atoms with E-state index in [1.54, 1.807) is 43.5 Å². The van der Waals surface area contributed by atoms with Crippen LogP contribution in [0.15, 0.2) is 71.6 Å². The van der Waals surface area contributed by atoms with E-state index in [2.05, 4.69) is 5.32 Å². The van der Waals surface area contributed by atoms with E-state index < -0.39 is 17.1 Å². The number of aryl methyl sites for hydroxylation is 2. The van der Waals surface area contributed by atoms with Gasteiger partial charge in [0.15, 0.2) is 11.5 Å². The number of nitrogens with one attached hydrogen (secondary N) is 1. The average molecular weight is 503 g/mol. The number of hydrogen-bond acceptors (Lipinski definition) is 6. The zero-order valence-electron chi connectivity index (χ0n) is 20.2. The molecule has 8 heteroatoms. The summed E-state index contributed by atoms with van der Waals surface area (Å²) in [6.45, 7) is 3.93. The van der Waals surface area contributed by atoms with Crippen LogP contribution in [0.5, 0.6) is 11.5 Å². The number of imide groups is 1. The van der Waals surface area contributed by atoms with Crippen LogP contribution in [0.1, 0.15) is 22.3 Å². The van der Waals surface area contributed by atoms with Crippen molar-refractivity contribution in [1.82, 2.24) is 4.90 Å². The maximum absolute atomic E-state index is 12.9. The maximum Gasteiger partial charge on any atom is 0.294 e. The van der Waals surface area contributed by atoms with Crippen molar-refractivity contribution >= 4 is 40.6 Å². The topological polar surface area (TPSA) is 84.9 Å². The lowest BCUT2D eigenvalue weighted by molar-refractivity contribution is -0.127. The molecular formula is C28H26N2O5S. The van der Waals surface area contributed by atoms with Crippen molar-refractivity contribution in [3.63, 3.8) is 0 Å². The molecule has 0 radical (unpaired) electrons. The molecule has 1 aliphatic rings. The molecule has 7 nitrogen and oxygen atoms in total. The third-order valence-electron chi connectivity index (χ3n) is 5.59. The number of ether oxygens (including phenoxy) is 2. The number of carbonyl (C=O) groups is 3. The monoisotopic (exact) mass is 502 g/mol. The molecule has 0 aromatic heterocycles. The normalized spacial score (nSPS) is 14.3. The van der Waals surface area contributed by atoms with E-state index in [-0.39, 0.29) is 11.4 Å². The molecule has 0 spiro atoms. The minimum atomic E-state index is -0.511. The van der Waals surface area contributed by atoms with Crippen LogP contribution in [0, 0.1) is 13.8 Å². The van der Waals surface area contributed by atoms with E-state index >= 15 is 0 Å². The Bertz CT molecular complexity index is 1330. The summed E-state index contributed by atoms with van der Waals surface area (Å²) in [5, 5.41) is 2.26. The minimum Gasteiger partial charge on any atom is -0.493 e. The first-order valence-corrected chi connectivity index (χ1v) is 12.1. The van der Waals surface area contributed by atoms with Gasteiger partial charge in [-0.3, -0.25) is 19.3 Å². The highest BCUT2D eigenvalue weighted by molar-refractivity contribution is 8.18. The molecule has 1 aliphatic heterocycles. The Balaban J connectivity index is 1.43. The molecule has 0 bridgehead atoms. The zero-order valence-corrected chi connectivity index (χ0v) is 21.1. The summed E-state index contributed by atoms with van der Waals surface area (Å²) in [7, 11) is 1.54. The Morgan fingerprint density at radius 1 is 1.00 bits per heavy atom. The molecule has 0 atom stereocenters. The summed E-state index contributed by atoms with van der Waals surface area (Å²) in [5.41, 5.74) is 4.41. The predicted molar refractivity (Wildman–Crippen MR) is 141 cm³/mol. The van der Waals surface area contributed by atoms with Gasteiger partial charge in [-0.05, 0) is 66.6 Å². The van der Waals surface area contributed by atoms with Gasteiger partial charge in [0.05, 0.1) is 12.0 Å². The molecule has 3 aromatic rings. The van der Waals surface area contributed by atoms with Gasteiger partial charge >= 0.3 is 0 Å². The van der Waals surface area contributed by atoms with Gasteiger partial charge < -0.3 is 14.8 Å². The highest BCUT2D eigenvalue weighted by Crippen LogP contribution is 2.34. The fourth-order valence-corrected chi connectivity index (χ4v) is 4.41. The average Bonchev–Trinajstić information content (AvgIpc) is 3.12. The van der Waals surface area contributed by atoms with Crippen LogP contribution in [0.4, 0.5) is 10.5 Å². The molecule has 0 saturated carbocycles. The fourth-order valence-electron chi connectivity index (χ4n) is 3.57. The second kappa shape index (κ2) is 11.1. The lowest BCUT2D eigenvalue weighted by Crippen LogP contribution is -2.36. The summed E-state index contributed by atoms with van der Waals surface area (Å²) in [5.74, 6) is 0.122. The number of para-hydroxylation sites is 1. The molecule has 1 saturated heterocycles. The van der Waals surface area contributed by atoms with Crippen LogP contribution in [0.25, 0.3) is 6.08 Å². The molecule has 36 heavy (non-hydrogen) atoms. The number of amides is 3. The number of benzene rings is 3. The SMILES string of the molecule is COc1cc(/C=C2/SC(=O)N(CC(=O)Nc3ccccc3C)C2=O)ccc1OCc1ccc(C)cc1. The second-order valence-corrected chi connectivity index (χ2v) is 9.31. The van der Waals surface area contributed by atoms with Gasteiger partial charge in [0, 0.05) is 5.69 Å². The molecular weight excluding hydrogens is 476 g/mol. The van der Waals surface area contributed by atoms with Crippen LogP contribution in [-0.4, -0.2) is 35.6 Å². The Hall–Kier alpha value is -4.04. The molecule has 1 fully saturated rings. The van der Waals surface area contributed by atoms with Crippen LogP contribution < -0.4 is 14.8 Å². The van der Waals surface area contributed by atoms with E-state index in [0.717, 1.165) is 27.8 Å². The summed E-state index contributed by atoms with van der Waals surface area (Å²) in [4.78, 5) is 39.0. The van der Waals surface area contributed by atoms with Gasteiger partial charge in [-0.25, -0.2) is 0 Å². The van der Waals surface area contributed by atoms with E-state index in [1.165, 1.54) is 5.56 Å². The van der Waals surface area contributed by atoms with Crippen LogP contribution in [0.3, 0.4) is 0 Å². The van der Waals surface area contributed by atoms with Gasteiger partial charge in [-0.2, -0.15) is 0 Å². The van der Waals surface area contributed by atoms with E-state index in [9.17, 15) is 14.4 Å². The van der Waals surface area contributed by atoms with Crippen molar-refractivity contribution in [1.29, 1.82) is 0 Å². The molecule has 1 N–H and O–H groups in total. The van der Waals surface area contributed by atoms with Crippen molar-refractivity contribution in [3.8, 4) is 11.5 Å². The molecule has 4 rings (SSSR count). The highest BCUT2D eigenvalue weighted by atomic mass is 32.2. The van der Waals surface area contributed by atoms with Gasteiger partial charge in [-0.1, -0.05) is 54.1 Å². The zero-order chi connectivity index (χ0) is 25.7. The number of carbonyl (C=O) groups excluding carboxylic acids is 3. The van der Waals surface area contributed by atoms with Crippen LogP contribution >= 0.6 is 11.8 Å². The quantitative estimate of drug-likeness (QED) is 0.406. The molecule has 0 aliphatic carbocycles. The van der Waals surface area contributed by atoms with E-state index in [1.807, 2.05) is 50.2 Å². The summed E-state index contributed by atoms with van der Waals surface area (Å²) in [6.07, 6.45) is 1.61. The van der Waals surface area contributed by atoms with Crippen molar-refractivity contribution in [3.05, 3.63) is 93.9 Å². The molecule has 3 amide bonds. The molecule has 184 valence electrons. The Kier molecular flexibility index (Phi) is 7.75. The lowest BCUT2D eigenvalue weighted by atomic mass is 10.1. The number of rotatable bonds is 8. The predicted octanol–water partition coefficient (Wildman–Crippen LogP) is 5.57. The first kappa shape index (κ1) is 25.1. The number of anilines is 1.